The van der Waals surface area contributed by atoms with Crippen molar-refractivity contribution in [3.05, 3.63) is 34.8 Å². The van der Waals surface area contributed by atoms with Gasteiger partial charge in [-0.05, 0) is 6.92 Å². The maximum Gasteiger partial charge on any atom is 0.226 e. The molecule has 1 N–H and O–H groups in total. The standard InChI is InChI=1S/C11H14N4OS/c1-9-14-10(7-17-9)6-11(16)13-3-5-15-4-2-12-8-15/h2,4,7-8H,3,5-6H2,1H3,(H,13,16). The van der Waals surface area contributed by atoms with Crippen LogP contribution in [0.2, 0.25) is 0 Å². The minimum absolute atomic E-state index is 0.00964. The van der Waals surface area contributed by atoms with Gasteiger partial charge in [-0.3, -0.25) is 4.79 Å². The highest BCUT2D eigenvalue weighted by Gasteiger charge is 2.05. The van der Waals surface area contributed by atoms with Crippen LogP contribution in [-0.4, -0.2) is 27.0 Å². The number of nitrogens with one attached hydrogen (secondary N) is 1. The van der Waals surface area contributed by atoms with Crippen LogP contribution >= 0.6 is 11.3 Å². The SMILES string of the molecule is Cc1nc(CC(=O)NCCn2ccnc2)cs1. The first-order valence-corrected chi connectivity index (χ1v) is 6.25. The molecule has 0 bridgehead atoms. The Morgan fingerprint density at radius 3 is 3.12 bits per heavy atom. The van der Waals surface area contributed by atoms with Crippen molar-refractivity contribution in [1.29, 1.82) is 0 Å². The molecule has 0 fully saturated rings. The summed E-state index contributed by atoms with van der Waals surface area (Å²) in [6.45, 7) is 3.28. The van der Waals surface area contributed by atoms with Gasteiger partial charge >= 0.3 is 0 Å². The third kappa shape index (κ3) is 3.67. The van der Waals surface area contributed by atoms with Crippen LogP contribution in [0.3, 0.4) is 0 Å². The molecule has 90 valence electrons. The smallest absolute Gasteiger partial charge is 0.226 e. The molecule has 6 heteroatoms. The van der Waals surface area contributed by atoms with Crippen LogP contribution in [0.15, 0.2) is 24.1 Å². The van der Waals surface area contributed by atoms with E-state index >= 15 is 0 Å². The first kappa shape index (κ1) is 11.8. The number of aryl methyl sites for hydroxylation is 1. The zero-order valence-electron chi connectivity index (χ0n) is 9.59. The van der Waals surface area contributed by atoms with Crippen LogP contribution in [0.4, 0.5) is 0 Å². The van der Waals surface area contributed by atoms with Crippen molar-refractivity contribution in [2.24, 2.45) is 0 Å². The molecule has 0 aromatic carbocycles. The van der Waals surface area contributed by atoms with E-state index in [4.69, 9.17) is 0 Å². The van der Waals surface area contributed by atoms with Crippen molar-refractivity contribution in [2.45, 2.75) is 19.9 Å². The van der Waals surface area contributed by atoms with Gasteiger partial charge in [0.1, 0.15) is 0 Å². The number of carbonyl (C=O) groups is 1. The number of thiazole rings is 1. The zero-order valence-corrected chi connectivity index (χ0v) is 10.4. The minimum atomic E-state index is 0.00964. The molecule has 2 heterocycles. The molecule has 0 aliphatic heterocycles. The van der Waals surface area contributed by atoms with Crippen molar-refractivity contribution in [3.8, 4) is 0 Å². The van der Waals surface area contributed by atoms with Crippen molar-refractivity contribution in [1.82, 2.24) is 19.9 Å². The van der Waals surface area contributed by atoms with Gasteiger partial charge in [0.05, 0.1) is 23.4 Å². The quantitative estimate of drug-likeness (QED) is 0.861. The highest BCUT2D eigenvalue weighted by atomic mass is 32.1. The first-order valence-electron chi connectivity index (χ1n) is 5.37. The Morgan fingerprint density at radius 1 is 1.59 bits per heavy atom. The summed E-state index contributed by atoms with van der Waals surface area (Å²) in [6, 6.07) is 0. The van der Waals surface area contributed by atoms with Crippen LogP contribution in [0.25, 0.3) is 0 Å². The fourth-order valence-electron chi connectivity index (χ4n) is 1.46. The maximum absolute atomic E-state index is 11.6. The minimum Gasteiger partial charge on any atom is -0.354 e. The second-order valence-electron chi connectivity index (χ2n) is 3.69. The average Bonchev–Trinajstić information content (AvgIpc) is 2.90. The molecule has 5 nitrogen and oxygen atoms in total. The van der Waals surface area contributed by atoms with Gasteiger partial charge < -0.3 is 9.88 Å². The molecule has 0 unspecified atom stereocenters. The molecule has 0 saturated carbocycles. The summed E-state index contributed by atoms with van der Waals surface area (Å²) in [6.07, 6.45) is 5.68. The number of carbonyl (C=O) groups excluding carboxylic acids is 1. The summed E-state index contributed by atoms with van der Waals surface area (Å²) >= 11 is 1.56. The van der Waals surface area contributed by atoms with Crippen LogP contribution in [0.5, 0.6) is 0 Å². The van der Waals surface area contributed by atoms with E-state index in [0.717, 1.165) is 17.2 Å². The predicted molar refractivity (Wildman–Crippen MR) is 65.8 cm³/mol. The largest absolute Gasteiger partial charge is 0.354 e. The van der Waals surface area contributed by atoms with Crippen LogP contribution < -0.4 is 5.32 Å². The molecule has 0 atom stereocenters. The average molecular weight is 250 g/mol. The van der Waals surface area contributed by atoms with E-state index in [1.54, 1.807) is 23.9 Å². The summed E-state index contributed by atoms with van der Waals surface area (Å²) in [5.41, 5.74) is 0.840. The van der Waals surface area contributed by atoms with Crippen molar-refractivity contribution in [2.75, 3.05) is 6.54 Å². The van der Waals surface area contributed by atoms with E-state index in [2.05, 4.69) is 15.3 Å². The number of hydrogen-bond acceptors (Lipinski definition) is 4. The molecule has 1 amide bonds. The number of aromatic nitrogens is 3. The summed E-state index contributed by atoms with van der Waals surface area (Å²) in [4.78, 5) is 19.8. The Bertz CT molecular complexity index is 477. The molecule has 0 radical (unpaired) electrons. The Kier molecular flexibility index (Phi) is 3.87. The lowest BCUT2D eigenvalue weighted by atomic mass is 10.3. The topological polar surface area (TPSA) is 59.8 Å². The third-order valence-corrected chi connectivity index (χ3v) is 3.08. The molecular weight excluding hydrogens is 236 g/mol. The second-order valence-corrected chi connectivity index (χ2v) is 4.75. The fourth-order valence-corrected chi connectivity index (χ4v) is 2.07. The molecule has 0 aliphatic rings. The van der Waals surface area contributed by atoms with E-state index < -0.39 is 0 Å². The maximum atomic E-state index is 11.6. The summed E-state index contributed by atoms with van der Waals surface area (Å²) in [7, 11) is 0. The van der Waals surface area contributed by atoms with Crippen LogP contribution in [0, 0.1) is 6.92 Å². The zero-order chi connectivity index (χ0) is 12.1. The van der Waals surface area contributed by atoms with Crippen LogP contribution in [-0.2, 0) is 17.8 Å². The number of imidazole rings is 1. The molecule has 0 spiro atoms. The van der Waals surface area contributed by atoms with Crippen LogP contribution in [0.1, 0.15) is 10.7 Å². The van der Waals surface area contributed by atoms with E-state index in [9.17, 15) is 4.79 Å². The Hall–Kier alpha value is -1.69. The highest BCUT2D eigenvalue weighted by molar-refractivity contribution is 7.09. The summed E-state index contributed by atoms with van der Waals surface area (Å²) in [5.74, 6) is 0.00964. The predicted octanol–water partition coefficient (Wildman–Crippen LogP) is 1.01. The van der Waals surface area contributed by atoms with Gasteiger partial charge in [-0.2, -0.15) is 0 Å². The molecule has 17 heavy (non-hydrogen) atoms. The van der Waals surface area contributed by atoms with Gasteiger partial charge in [-0.25, -0.2) is 9.97 Å². The van der Waals surface area contributed by atoms with Gasteiger partial charge in [-0.15, -0.1) is 11.3 Å². The lowest BCUT2D eigenvalue weighted by Crippen LogP contribution is -2.28. The molecule has 0 saturated heterocycles. The first-order chi connectivity index (χ1) is 8.24. The molecule has 2 rings (SSSR count). The van der Waals surface area contributed by atoms with E-state index in [-0.39, 0.29) is 5.91 Å². The van der Waals surface area contributed by atoms with Gasteiger partial charge in [0.2, 0.25) is 5.91 Å². The molecule has 0 aliphatic carbocycles. The van der Waals surface area contributed by atoms with Crippen molar-refractivity contribution < 1.29 is 4.79 Å². The highest BCUT2D eigenvalue weighted by Crippen LogP contribution is 2.07. The Balaban J connectivity index is 1.71. The third-order valence-electron chi connectivity index (χ3n) is 2.26. The number of amides is 1. The van der Waals surface area contributed by atoms with Gasteiger partial charge in [0.15, 0.2) is 0 Å². The number of nitrogens with zero attached hydrogens (tertiary/aromatic N) is 3. The van der Waals surface area contributed by atoms with Crippen molar-refractivity contribution in [3.63, 3.8) is 0 Å². The molecule has 2 aromatic heterocycles. The van der Waals surface area contributed by atoms with Gasteiger partial charge in [0.25, 0.3) is 0 Å². The Labute approximate surface area is 104 Å². The Morgan fingerprint density at radius 2 is 2.47 bits per heavy atom. The summed E-state index contributed by atoms with van der Waals surface area (Å²) in [5, 5.41) is 5.77. The van der Waals surface area contributed by atoms with E-state index in [1.165, 1.54) is 0 Å². The monoisotopic (exact) mass is 250 g/mol. The van der Waals surface area contributed by atoms with Gasteiger partial charge in [0, 0.05) is 30.9 Å². The summed E-state index contributed by atoms with van der Waals surface area (Å²) < 4.78 is 1.92. The lowest BCUT2D eigenvalue weighted by molar-refractivity contribution is -0.120. The van der Waals surface area contributed by atoms with Gasteiger partial charge in [-0.1, -0.05) is 0 Å². The molecular formula is C11H14N4OS. The van der Waals surface area contributed by atoms with E-state index in [1.807, 2.05) is 23.1 Å². The fraction of sp³-hybridized carbons (Fsp3) is 0.364. The van der Waals surface area contributed by atoms with Crippen molar-refractivity contribution >= 4 is 17.2 Å². The number of hydrogen-bond donors (Lipinski definition) is 1. The number of rotatable bonds is 5. The molecule has 2 aromatic rings. The van der Waals surface area contributed by atoms with E-state index in [0.29, 0.717) is 13.0 Å². The normalized spacial score (nSPS) is 10.4. The lowest BCUT2D eigenvalue weighted by Gasteiger charge is -2.04. The second kappa shape index (κ2) is 5.58.